The molecule has 0 aromatic heterocycles. The standard InChI is InChI=1S/C13H19NO4S/c1-13(2,3)12(15)18-10-6-8-11(9-7-10)19(16,17)14(4)5/h6-9H,1-5H3. The molecule has 6 heteroatoms. The van der Waals surface area contributed by atoms with Gasteiger partial charge in [0.1, 0.15) is 5.75 Å². The van der Waals surface area contributed by atoms with Crippen molar-refractivity contribution in [3.05, 3.63) is 24.3 Å². The van der Waals surface area contributed by atoms with Crippen molar-refractivity contribution in [2.24, 2.45) is 5.41 Å². The van der Waals surface area contributed by atoms with Gasteiger partial charge >= 0.3 is 5.97 Å². The minimum absolute atomic E-state index is 0.160. The number of benzene rings is 1. The first-order valence-electron chi connectivity index (χ1n) is 5.80. The van der Waals surface area contributed by atoms with Crippen LogP contribution in [0, 0.1) is 5.41 Å². The number of sulfonamides is 1. The van der Waals surface area contributed by atoms with Crippen LogP contribution in [-0.2, 0) is 14.8 Å². The molecule has 0 unspecified atom stereocenters. The molecule has 0 amide bonds. The van der Waals surface area contributed by atoms with Crippen LogP contribution in [0.2, 0.25) is 0 Å². The van der Waals surface area contributed by atoms with Crippen molar-refractivity contribution >= 4 is 16.0 Å². The Hall–Kier alpha value is -1.40. The summed E-state index contributed by atoms with van der Waals surface area (Å²) in [6.07, 6.45) is 0. The van der Waals surface area contributed by atoms with Gasteiger partial charge in [-0.15, -0.1) is 0 Å². The Morgan fingerprint density at radius 2 is 1.58 bits per heavy atom. The lowest BCUT2D eigenvalue weighted by Crippen LogP contribution is -2.25. The fraction of sp³-hybridized carbons (Fsp3) is 0.462. The first-order chi connectivity index (χ1) is 8.55. The van der Waals surface area contributed by atoms with Gasteiger partial charge in [-0.2, -0.15) is 0 Å². The van der Waals surface area contributed by atoms with Crippen LogP contribution in [0.3, 0.4) is 0 Å². The molecular formula is C13H19NO4S. The summed E-state index contributed by atoms with van der Waals surface area (Å²) in [7, 11) is -0.535. The minimum Gasteiger partial charge on any atom is -0.426 e. The zero-order chi connectivity index (χ0) is 14.8. The van der Waals surface area contributed by atoms with Gasteiger partial charge in [-0.3, -0.25) is 4.79 Å². The summed E-state index contributed by atoms with van der Waals surface area (Å²) in [5, 5.41) is 0. The second kappa shape index (κ2) is 5.30. The highest BCUT2D eigenvalue weighted by Gasteiger charge is 2.24. The lowest BCUT2D eigenvalue weighted by molar-refractivity contribution is -0.142. The maximum absolute atomic E-state index is 11.8. The first kappa shape index (κ1) is 15.7. The van der Waals surface area contributed by atoms with Gasteiger partial charge in [-0.1, -0.05) is 0 Å². The number of rotatable bonds is 3. The molecule has 0 fully saturated rings. The molecule has 0 spiro atoms. The number of carbonyl (C=O) groups is 1. The molecule has 106 valence electrons. The summed E-state index contributed by atoms with van der Waals surface area (Å²) in [5.74, 6) is -0.0339. The highest BCUT2D eigenvalue weighted by atomic mass is 32.2. The second-order valence-electron chi connectivity index (χ2n) is 5.40. The van der Waals surface area contributed by atoms with Crippen molar-refractivity contribution in [1.82, 2.24) is 4.31 Å². The van der Waals surface area contributed by atoms with Crippen molar-refractivity contribution in [1.29, 1.82) is 0 Å². The van der Waals surface area contributed by atoms with Gasteiger partial charge in [0.2, 0.25) is 10.0 Å². The molecule has 0 atom stereocenters. The van der Waals surface area contributed by atoms with E-state index < -0.39 is 15.4 Å². The highest BCUT2D eigenvalue weighted by Crippen LogP contribution is 2.21. The molecule has 1 rings (SSSR count). The van der Waals surface area contributed by atoms with Crippen molar-refractivity contribution in [2.75, 3.05) is 14.1 Å². The molecular weight excluding hydrogens is 266 g/mol. The van der Waals surface area contributed by atoms with Gasteiger partial charge in [0.15, 0.2) is 0 Å². The molecule has 0 saturated carbocycles. The summed E-state index contributed by atoms with van der Waals surface area (Å²) >= 11 is 0. The van der Waals surface area contributed by atoms with E-state index in [9.17, 15) is 13.2 Å². The third kappa shape index (κ3) is 3.78. The van der Waals surface area contributed by atoms with E-state index in [4.69, 9.17) is 4.74 Å². The van der Waals surface area contributed by atoms with Crippen LogP contribution in [0.1, 0.15) is 20.8 Å². The topological polar surface area (TPSA) is 63.7 Å². The smallest absolute Gasteiger partial charge is 0.316 e. The van der Waals surface area contributed by atoms with E-state index in [1.165, 1.54) is 38.4 Å². The van der Waals surface area contributed by atoms with Crippen molar-refractivity contribution < 1.29 is 17.9 Å². The molecule has 0 N–H and O–H groups in total. The Balaban J connectivity index is 2.93. The lowest BCUT2D eigenvalue weighted by Gasteiger charge is -2.16. The molecule has 0 aliphatic heterocycles. The molecule has 0 aliphatic rings. The Kier molecular flexibility index (Phi) is 4.37. The van der Waals surface area contributed by atoms with Crippen molar-refractivity contribution in [3.8, 4) is 5.75 Å². The number of hydrogen-bond acceptors (Lipinski definition) is 4. The van der Waals surface area contributed by atoms with E-state index in [0.717, 1.165) is 4.31 Å². The van der Waals surface area contributed by atoms with Gasteiger partial charge < -0.3 is 4.74 Å². The van der Waals surface area contributed by atoms with E-state index >= 15 is 0 Å². The zero-order valence-electron chi connectivity index (χ0n) is 11.8. The van der Waals surface area contributed by atoms with Crippen LogP contribution in [0.4, 0.5) is 0 Å². The summed E-state index contributed by atoms with van der Waals surface area (Å²) in [4.78, 5) is 11.8. The summed E-state index contributed by atoms with van der Waals surface area (Å²) < 4.78 is 30.0. The Labute approximate surface area is 114 Å². The van der Waals surface area contributed by atoms with E-state index in [2.05, 4.69) is 0 Å². The maximum atomic E-state index is 11.8. The van der Waals surface area contributed by atoms with Crippen LogP contribution < -0.4 is 4.74 Å². The number of hydrogen-bond donors (Lipinski definition) is 0. The molecule has 1 aromatic rings. The predicted octanol–water partition coefficient (Wildman–Crippen LogP) is 1.89. The number of esters is 1. The third-order valence-corrected chi connectivity index (χ3v) is 4.25. The van der Waals surface area contributed by atoms with Gasteiger partial charge in [0.05, 0.1) is 10.3 Å². The minimum atomic E-state index is -3.46. The Bertz CT molecular complexity index is 553. The monoisotopic (exact) mass is 285 g/mol. The van der Waals surface area contributed by atoms with Gasteiger partial charge in [0.25, 0.3) is 0 Å². The van der Waals surface area contributed by atoms with Crippen LogP contribution in [0.5, 0.6) is 5.75 Å². The molecule has 0 heterocycles. The molecule has 0 bridgehead atoms. The fourth-order valence-electron chi connectivity index (χ4n) is 1.15. The molecule has 1 aromatic carbocycles. The fourth-order valence-corrected chi connectivity index (χ4v) is 2.05. The maximum Gasteiger partial charge on any atom is 0.316 e. The predicted molar refractivity (Wildman–Crippen MR) is 72.4 cm³/mol. The SMILES string of the molecule is CN(C)S(=O)(=O)c1ccc(OC(=O)C(C)(C)C)cc1. The summed E-state index contributed by atoms with van der Waals surface area (Å²) in [5.41, 5.74) is -0.603. The van der Waals surface area contributed by atoms with Crippen molar-refractivity contribution in [2.45, 2.75) is 25.7 Å². The van der Waals surface area contributed by atoms with Crippen LogP contribution >= 0.6 is 0 Å². The van der Waals surface area contributed by atoms with Crippen LogP contribution in [0.25, 0.3) is 0 Å². The van der Waals surface area contributed by atoms with E-state index in [-0.39, 0.29) is 10.9 Å². The molecule has 5 nitrogen and oxygen atoms in total. The largest absolute Gasteiger partial charge is 0.426 e. The molecule has 0 aliphatic carbocycles. The van der Waals surface area contributed by atoms with E-state index in [1.807, 2.05) is 0 Å². The van der Waals surface area contributed by atoms with E-state index in [0.29, 0.717) is 5.75 Å². The molecule has 0 radical (unpaired) electrons. The van der Waals surface area contributed by atoms with Gasteiger partial charge in [0, 0.05) is 14.1 Å². The third-order valence-electron chi connectivity index (χ3n) is 2.43. The quantitative estimate of drug-likeness (QED) is 0.628. The Morgan fingerprint density at radius 3 is 1.95 bits per heavy atom. The average molecular weight is 285 g/mol. The zero-order valence-corrected chi connectivity index (χ0v) is 12.6. The van der Waals surface area contributed by atoms with Gasteiger partial charge in [-0.05, 0) is 45.0 Å². The van der Waals surface area contributed by atoms with Crippen LogP contribution in [-0.4, -0.2) is 32.8 Å². The number of nitrogens with zero attached hydrogens (tertiary/aromatic N) is 1. The summed E-state index contributed by atoms with van der Waals surface area (Å²) in [6, 6.07) is 5.78. The second-order valence-corrected chi connectivity index (χ2v) is 7.55. The number of carbonyl (C=O) groups excluding carboxylic acids is 1. The highest BCUT2D eigenvalue weighted by molar-refractivity contribution is 7.89. The first-order valence-corrected chi connectivity index (χ1v) is 7.24. The van der Waals surface area contributed by atoms with E-state index in [1.54, 1.807) is 20.8 Å². The number of ether oxygens (including phenoxy) is 1. The van der Waals surface area contributed by atoms with Gasteiger partial charge in [-0.25, -0.2) is 12.7 Å². The molecule has 0 saturated heterocycles. The summed E-state index contributed by atoms with van der Waals surface area (Å²) in [6.45, 7) is 5.25. The normalized spacial score (nSPS) is 12.5. The van der Waals surface area contributed by atoms with Crippen molar-refractivity contribution in [3.63, 3.8) is 0 Å². The average Bonchev–Trinajstić information content (AvgIpc) is 2.28. The lowest BCUT2D eigenvalue weighted by atomic mass is 9.97. The Morgan fingerprint density at radius 1 is 1.11 bits per heavy atom. The van der Waals surface area contributed by atoms with Crippen LogP contribution in [0.15, 0.2) is 29.2 Å². The molecule has 19 heavy (non-hydrogen) atoms.